The molecule has 2 N–H and O–H groups in total. The van der Waals surface area contributed by atoms with Gasteiger partial charge in [-0.25, -0.2) is 0 Å². The van der Waals surface area contributed by atoms with E-state index in [9.17, 15) is 5.11 Å². The molecule has 1 aromatic rings. The number of nitrogens with zero attached hydrogens (tertiary/aromatic N) is 1. The molecule has 0 aliphatic carbocycles. The summed E-state index contributed by atoms with van der Waals surface area (Å²) in [5, 5.41) is 14.2. The van der Waals surface area contributed by atoms with E-state index in [4.69, 9.17) is 0 Å². The Bertz CT molecular complexity index is 340. The molecule has 2 saturated heterocycles. The van der Waals surface area contributed by atoms with Crippen LogP contribution in [0.1, 0.15) is 31.2 Å². The molecule has 0 spiro atoms. The quantitative estimate of drug-likeness (QED) is 0.722. The molecule has 1 unspecified atom stereocenters. The molecule has 0 amide bonds. The minimum absolute atomic E-state index is 0.494. The van der Waals surface area contributed by atoms with E-state index in [0.29, 0.717) is 12.1 Å². The van der Waals surface area contributed by atoms with Gasteiger partial charge in [-0.15, -0.1) is 0 Å². The number of aromatic nitrogens is 1. The molecule has 3 heterocycles. The van der Waals surface area contributed by atoms with Crippen LogP contribution in [0.25, 0.3) is 0 Å². The summed E-state index contributed by atoms with van der Waals surface area (Å²) in [6.07, 6.45) is 7.61. The van der Waals surface area contributed by atoms with E-state index in [1.165, 1.54) is 12.8 Å². The first kappa shape index (κ1) is 9.31. The third-order valence-electron chi connectivity index (χ3n) is 3.70. The fourth-order valence-corrected chi connectivity index (χ4v) is 3.00. The minimum atomic E-state index is -0.647. The van der Waals surface area contributed by atoms with Crippen LogP contribution in [-0.2, 0) is 5.60 Å². The van der Waals surface area contributed by atoms with Crippen LogP contribution in [0.5, 0.6) is 0 Å². The third kappa shape index (κ3) is 1.56. The lowest BCUT2D eigenvalue weighted by atomic mass is 9.82. The SMILES string of the molecule is OC1(c2cccnc2)C[C@H]2CC[C@@H](C1)N2. The van der Waals surface area contributed by atoms with Crippen LogP contribution in [0.4, 0.5) is 0 Å². The second-order valence-electron chi connectivity index (χ2n) is 4.82. The topological polar surface area (TPSA) is 45.2 Å². The van der Waals surface area contributed by atoms with Gasteiger partial charge in [-0.2, -0.15) is 0 Å². The molecule has 3 rings (SSSR count). The van der Waals surface area contributed by atoms with Crippen molar-refractivity contribution in [3.05, 3.63) is 30.1 Å². The first-order valence-corrected chi connectivity index (χ1v) is 5.65. The summed E-state index contributed by atoms with van der Waals surface area (Å²) in [6, 6.07) is 4.87. The zero-order chi connectivity index (χ0) is 10.3. The number of pyridine rings is 1. The molecule has 2 fully saturated rings. The number of rotatable bonds is 1. The molecule has 3 nitrogen and oxygen atoms in total. The van der Waals surface area contributed by atoms with Gasteiger partial charge in [0.1, 0.15) is 0 Å². The van der Waals surface area contributed by atoms with Crippen LogP contribution in [-0.4, -0.2) is 22.2 Å². The summed E-state index contributed by atoms with van der Waals surface area (Å²) in [6.45, 7) is 0. The fourth-order valence-electron chi connectivity index (χ4n) is 3.00. The largest absolute Gasteiger partial charge is 0.385 e. The molecule has 2 aliphatic heterocycles. The van der Waals surface area contributed by atoms with Gasteiger partial charge in [0.25, 0.3) is 0 Å². The Morgan fingerprint density at radius 1 is 1.33 bits per heavy atom. The van der Waals surface area contributed by atoms with Crippen LogP contribution >= 0.6 is 0 Å². The summed E-state index contributed by atoms with van der Waals surface area (Å²) in [7, 11) is 0. The van der Waals surface area contributed by atoms with Crippen molar-refractivity contribution in [2.75, 3.05) is 0 Å². The van der Waals surface area contributed by atoms with Gasteiger partial charge in [0.2, 0.25) is 0 Å². The molecule has 80 valence electrons. The highest BCUT2D eigenvalue weighted by Crippen LogP contribution is 2.40. The monoisotopic (exact) mass is 204 g/mol. The van der Waals surface area contributed by atoms with E-state index in [1.54, 1.807) is 12.4 Å². The van der Waals surface area contributed by atoms with Gasteiger partial charge in [-0.3, -0.25) is 4.98 Å². The van der Waals surface area contributed by atoms with Crippen molar-refractivity contribution in [2.45, 2.75) is 43.4 Å². The van der Waals surface area contributed by atoms with Crippen molar-refractivity contribution in [1.82, 2.24) is 10.3 Å². The molecule has 2 aliphatic rings. The van der Waals surface area contributed by atoms with Gasteiger partial charge in [0, 0.05) is 30.0 Å². The summed E-state index contributed by atoms with van der Waals surface area (Å²) in [5.74, 6) is 0. The molecule has 3 heteroatoms. The van der Waals surface area contributed by atoms with Crippen molar-refractivity contribution in [2.24, 2.45) is 0 Å². The van der Waals surface area contributed by atoms with E-state index in [2.05, 4.69) is 10.3 Å². The number of nitrogens with one attached hydrogen (secondary N) is 1. The van der Waals surface area contributed by atoms with E-state index in [0.717, 1.165) is 18.4 Å². The minimum Gasteiger partial charge on any atom is -0.385 e. The Labute approximate surface area is 89.5 Å². The number of hydrogen-bond acceptors (Lipinski definition) is 3. The summed E-state index contributed by atoms with van der Waals surface area (Å²) in [4.78, 5) is 4.10. The average Bonchev–Trinajstić information content (AvgIpc) is 2.60. The maximum absolute atomic E-state index is 10.6. The summed E-state index contributed by atoms with van der Waals surface area (Å²) >= 11 is 0. The van der Waals surface area contributed by atoms with E-state index in [1.807, 2.05) is 12.1 Å². The van der Waals surface area contributed by atoms with Gasteiger partial charge in [0.15, 0.2) is 0 Å². The first-order chi connectivity index (χ1) is 7.26. The standard InChI is InChI=1S/C12H16N2O/c15-12(9-2-1-5-13-8-9)6-10-3-4-11(7-12)14-10/h1-2,5,8,10-11,14-15H,3-4,6-7H2/t10-,11+,12?. The molecular formula is C12H16N2O. The Kier molecular flexibility index (Phi) is 2.04. The van der Waals surface area contributed by atoms with Crippen molar-refractivity contribution in [3.63, 3.8) is 0 Å². The predicted octanol–water partition coefficient (Wildman–Crippen LogP) is 1.18. The van der Waals surface area contributed by atoms with E-state index in [-0.39, 0.29) is 0 Å². The Morgan fingerprint density at radius 3 is 2.67 bits per heavy atom. The lowest BCUT2D eigenvalue weighted by Crippen LogP contribution is -2.46. The molecule has 15 heavy (non-hydrogen) atoms. The maximum atomic E-state index is 10.6. The molecule has 0 aromatic carbocycles. The lowest BCUT2D eigenvalue weighted by molar-refractivity contribution is -0.0117. The van der Waals surface area contributed by atoms with Crippen molar-refractivity contribution in [1.29, 1.82) is 0 Å². The maximum Gasteiger partial charge on any atom is 0.0941 e. The Balaban J connectivity index is 1.91. The Morgan fingerprint density at radius 2 is 2.07 bits per heavy atom. The zero-order valence-electron chi connectivity index (χ0n) is 8.69. The van der Waals surface area contributed by atoms with Gasteiger partial charge >= 0.3 is 0 Å². The zero-order valence-corrected chi connectivity index (χ0v) is 8.69. The first-order valence-electron chi connectivity index (χ1n) is 5.65. The van der Waals surface area contributed by atoms with Gasteiger partial charge in [-0.05, 0) is 31.7 Å². The van der Waals surface area contributed by atoms with Gasteiger partial charge < -0.3 is 10.4 Å². The van der Waals surface area contributed by atoms with E-state index < -0.39 is 5.60 Å². The second kappa shape index (κ2) is 3.29. The number of piperidine rings is 1. The summed E-state index contributed by atoms with van der Waals surface area (Å²) < 4.78 is 0. The highest BCUT2D eigenvalue weighted by atomic mass is 16.3. The van der Waals surface area contributed by atoms with Crippen LogP contribution in [0.3, 0.4) is 0 Å². The third-order valence-corrected chi connectivity index (χ3v) is 3.70. The molecule has 0 saturated carbocycles. The predicted molar refractivity (Wildman–Crippen MR) is 57.3 cm³/mol. The van der Waals surface area contributed by atoms with Crippen molar-refractivity contribution < 1.29 is 5.11 Å². The van der Waals surface area contributed by atoms with Crippen LogP contribution in [0, 0.1) is 0 Å². The van der Waals surface area contributed by atoms with Gasteiger partial charge in [-0.1, -0.05) is 6.07 Å². The van der Waals surface area contributed by atoms with Crippen LogP contribution in [0.2, 0.25) is 0 Å². The van der Waals surface area contributed by atoms with Crippen molar-refractivity contribution in [3.8, 4) is 0 Å². The van der Waals surface area contributed by atoms with Crippen molar-refractivity contribution >= 4 is 0 Å². The molecule has 3 atom stereocenters. The average molecular weight is 204 g/mol. The van der Waals surface area contributed by atoms with E-state index >= 15 is 0 Å². The smallest absolute Gasteiger partial charge is 0.0941 e. The second-order valence-corrected chi connectivity index (χ2v) is 4.82. The molecule has 1 aromatic heterocycles. The molecule has 0 radical (unpaired) electrons. The fraction of sp³-hybridized carbons (Fsp3) is 0.583. The van der Waals surface area contributed by atoms with Crippen LogP contribution in [0.15, 0.2) is 24.5 Å². The highest BCUT2D eigenvalue weighted by molar-refractivity contribution is 5.21. The number of aliphatic hydroxyl groups is 1. The highest BCUT2D eigenvalue weighted by Gasteiger charge is 2.43. The van der Waals surface area contributed by atoms with Crippen LogP contribution < -0.4 is 5.32 Å². The summed E-state index contributed by atoms with van der Waals surface area (Å²) in [5.41, 5.74) is 0.328. The van der Waals surface area contributed by atoms with Gasteiger partial charge in [0.05, 0.1) is 5.60 Å². The number of hydrogen-bond donors (Lipinski definition) is 2. The number of fused-ring (bicyclic) bond motifs is 2. The normalized spacial score (nSPS) is 39.3. The molecule has 2 bridgehead atoms. The lowest BCUT2D eigenvalue weighted by Gasteiger charge is -2.37. The Hall–Kier alpha value is -0.930. The molecular weight excluding hydrogens is 188 g/mol.